The van der Waals surface area contributed by atoms with Gasteiger partial charge in [-0.25, -0.2) is 0 Å². The van der Waals surface area contributed by atoms with Crippen LogP contribution in [0.2, 0.25) is 0 Å². The van der Waals surface area contributed by atoms with Gasteiger partial charge in [0.1, 0.15) is 0 Å². The van der Waals surface area contributed by atoms with Gasteiger partial charge in [0.15, 0.2) is 0 Å². The predicted molar refractivity (Wildman–Crippen MR) is 87.8 cm³/mol. The van der Waals surface area contributed by atoms with Gasteiger partial charge in [-0.3, -0.25) is 14.7 Å². The summed E-state index contributed by atoms with van der Waals surface area (Å²) in [5, 5.41) is 12.7. The first-order valence-electron chi connectivity index (χ1n) is 8.16. The van der Waals surface area contributed by atoms with E-state index in [1.165, 1.54) is 0 Å². The number of nitrogens with one attached hydrogen (secondary N) is 1. The molecule has 0 unspecified atom stereocenters. The second-order valence-electron chi connectivity index (χ2n) is 6.31. The van der Waals surface area contributed by atoms with Crippen LogP contribution in [0.15, 0.2) is 24.4 Å². The average Bonchev–Trinajstić information content (AvgIpc) is 2.59. The Labute approximate surface area is 137 Å². The monoisotopic (exact) mass is 321 g/mol. The molecular formula is C17H27N3O3. The number of amides is 1. The van der Waals surface area contributed by atoms with E-state index in [0.29, 0.717) is 19.7 Å². The summed E-state index contributed by atoms with van der Waals surface area (Å²) in [6.45, 7) is 3.22. The van der Waals surface area contributed by atoms with Crippen molar-refractivity contribution >= 4 is 5.91 Å². The van der Waals surface area contributed by atoms with Crippen LogP contribution < -0.4 is 5.32 Å². The number of aromatic nitrogens is 1. The molecule has 1 aromatic heterocycles. The number of rotatable bonds is 8. The molecule has 1 amide bonds. The van der Waals surface area contributed by atoms with Crippen LogP contribution in [-0.4, -0.2) is 60.9 Å². The van der Waals surface area contributed by atoms with Crippen molar-refractivity contribution in [3.63, 3.8) is 0 Å². The molecular weight excluding hydrogens is 294 g/mol. The van der Waals surface area contributed by atoms with Crippen molar-refractivity contribution in [1.29, 1.82) is 0 Å². The largest absolute Gasteiger partial charge is 0.396 e. The van der Waals surface area contributed by atoms with Crippen molar-refractivity contribution in [1.82, 2.24) is 15.2 Å². The van der Waals surface area contributed by atoms with Crippen LogP contribution in [0.5, 0.6) is 0 Å². The van der Waals surface area contributed by atoms with Crippen LogP contribution >= 0.6 is 0 Å². The highest BCUT2D eigenvalue weighted by Crippen LogP contribution is 2.32. The SMILES string of the molecule is COCC[C@@]1(CO)CCCN(CC(=O)NCc2ccccn2)C1. The Morgan fingerprint density at radius 2 is 2.39 bits per heavy atom. The lowest BCUT2D eigenvalue weighted by Crippen LogP contribution is -2.49. The Morgan fingerprint density at radius 3 is 3.09 bits per heavy atom. The molecule has 6 nitrogen and oxygen atoms in total. The van der Waals surface area contributed by atoms with Gasteiger partial charge in [0.2, 0.25) is 5.91 Å². The topological polar surface area (TPSA) is 74.7 Å². The number of hydrogen-bond acceptors (Lipinski definition) is 5. The number of aliphatic hydroxyl groups is 1. The molecule has 1 atom stereocenters. The van der Waals surface area contributed by atoms with Gasteiger partial charge in [0.05, 0.1) is 25.4 Å². The van der Waals surface area contributed by atoms with E-state index >= 15 is 0 Å². The number of pyridine rings is 1. The van der Waals surface area contributed by atoms with Gasteiger partial charge in [0, 0.05) is 31.9 Å². The van der Waals surface area contributed by atoms with Gasteiger partial charge < -0.3 is 15.2 Å². The number of piperidine rings is 1. The number of likely N-dealkylation sites (tertiary alicyclic amines) is 1. The number of carbonyl (C=O) groups is 1. The molecule has 1 aliphatic rings. The maximum Gasteiger partial charge on any atom is 0.234 e. The summed E-state index contributed by atoms with van der Waals surface area (Å²) in [6.07, 6.45) is 4.53. The molecule has 2 N–H and O–H groups in total. The van der Waals surface area contributed by atoms with E-state index in [1.54, 1.807) is 13.3 Å². The second-order valence-corrected chi connectivity index (χ2v) is 6.31. The van der Waals surface area contributed by atoms with Crippen molar-refractivity contribution in [3.8, 4) is 0 Å². The molecule has 2 rings (SSSR count). The molecule has 128 valence electrons. The summed E-state index contributed by atoms with van der Waals surface area (Å²) >= 11 is 0. The van der Waals surface area contributed by atoms with Crippen LogP contribution in [0.25, 0.3) is 0 Å². The molecule has 0 aromatic carbocycles. The van der Waals surface area contributed by atoms with Crippen LogP contribution in [0.1, 0.15) is 25.0 Å². The Bertz CT molecular complexity index is 483. The van der Waals surface area contributed by atoms with Crippen molar-refractivity contribution in [2.45, 2.75) is 25.8 Å². The van der Waals surface area contributed by atoms with E-state index in [9.17, 15) is 9.90 Å². The number of nitrogens with zero attached hydrogens (tertiary/aromatic N) is 2. The van der Waals surface area contributed by atoms with E-state index in [-0.39, 0.29) is 17.9 Å². The van der Waals surface area contributed by atoms with Gasteiger partial charge in [0.25, 0.3) is 0 Å². The summed E-state index contributed by atoms with van der Waals surface area (Å²) in [6, 6.07) is 5.65. The van der Waals surface area contributed by atoms with E-state index in [0.717, 1.165) is 38.0 Å². The summed E-state index contributed by atoms with van der Waals surface area (Å²) in [5.74, 6) is -0.00358. The third-order valence-electron chi connectivity index (χ3n) is 4.47. The minimum atomic E-state index is -0.143. The molecule has 6 heteroatoms. The smallest absolute Gasteiger partial charge is 0.234 e. The lowest BCUT2D eigenvalue weighted by Gasteiger charge is -2.41. The zero-order chi connectivity index (χ0) is 16.5. The van der Waals surface area contributed by atoms with Crippen molar-refractivity contribution in [3.05, 3.63) is 30.1 Å². The fourth-order valence-corrected chi connectivity index (χ4v) is 3.13. The number of methoxy groups -OCH3 is 1. The zero-order valence-corrected chi connectivity index (χ0v) is 13.8. The molecule has 0 bridgehead atoms. The summed E-state index contributed by atoms with van der Waals surface area (Å²) in [7, 11) is 1.68. The molecule has 0 radical (unpaired) electrons. The molecule has 0 spiro atoms. The molecule has 1 saturated heterocycles. The first kappa shape index (κ1) is 17.8. The van der Waals surface area contributed by atoms with Gasteiger partial charge in [-0.05, 0) is 37.9 Å². The van der Waals surface area contributed by atoms with Crippen LogP contribution in [0, 0.1) is 5.41 Å². The van der Waals surface area contributed by atoms with Crippen LogP contribution in [-0.2, 0) is 16.1 Å². The summed E-state index contributed by atoms with van der Waals surface area (Å²) < 4.78 is 5.16. The van der Waals surface area contributed by atoms with E-state index in [4.69, 9.17) is 4.74 Å². The van der Waals surface area contributed by atoms with Gasteiger partial charge >= 0.3 is 0 Å². The third-order valence-corrected chi connectivity index (χ3v) is 4.47. The molecule has 0 aliphatic carbocycles. The minimum Gasteiger partial charge on any atom is -0.396 e. The van der Waals surface area contributed by atoms with E-state index < -0.39 is 0 Å². The average molecular weight is 321 g/mol. The number of carbonyl (C=O) groups excluding carboxylic acids is 1. The molecule has 1 aromatic rings. The molecule has 1 aliphatic heterocycles. The lowest BCUT2D eigenvalue weighted by atomic mass is 9.78. The van der Waals surface area contributed by atoms with Crippen molar-refractivity contribution in [2.24, 2.45) is 5.41 Å². The Balaban J connectivity index is 1.80. The Kier molecular flexibility index (Phi) is 6.95. The first-order chi connectivity index (χ1) is 11.2. The first-order valence-corrected chi connectivity index (χ1v) is 8.16. The number of ether oxygens (including phenoxy) is 1. The van der Waals surface area contributed by atoms with Gasteiger partial charge in [-0.1, -0.05) is 6.07 Å². The highest BCUT2D eigenvalue weighted by atomic mass is 16.5. The second kappa shape index (κ2) is 8.96. The molecule has 2 heterocycles. The Morgan fingerprint density at radius 1 is 1.52 bits per heavy atom. The van der Waals surface area contributed by atoms with Crippen LogP contribution in [0.4, 0.5) is 0 Å². The fraction of sp³-hybridized carbons (Fsp3) is 0.647. The van der Waals surface area contributed by atoms with Gasteiger partial charge in [-0.2, -0.15) is 0 Å². The van der Waals surface area contributed by atoms with Gasteiger partial charge in [-0.15, -0.1) is 0 Å². The standard InChI is InChI=1S/C17H27N3O3/c1-23-10-7-17(14-21)6-4-9-20(13-17)12-16(22)19-11-15-5-2-3-8-18-15/h2-3,5,8,21H,4,6-7,9-14H2,1H3,(H,19,22)/t17-/m0/s1. The molecule has 23 heavy (non-hydrogen) atoms. The zero-order valence-electron chi connectivity index (χ0n) is 13.8. The number of aliphatic hydroxyl groups excluding tert-OH is 1. The fourth-order valence-electron chi connectivity index (χ4n) is 3.13. The maximum atomic E-state index is 12.1. The van der Waals surface area contributed by atoms with Crippen molar-refractivity contribution < 1.29 is 14.6 Å². The number of hydrogen-bond donors (Lipinski definition) is 2. The normalized spacial score (nSPS) is 22.0. The van der Waals surface area contributed by atoms with E-state index in [1.807, 2.05) is 18.2 Å². The third kappa shape index (κ3) is 5.57. The maximum absolute atomic E-state index is 12.1. The quantitative estimate of drug-likeness (QED) is 0.741. The van der Waals surface area contributed by atoms with E-state index in [2.05, 4.69) is 15.2 Å². The minimum absolute atomic E-state index is 0.00358. The highest BCUT2D eigenvalue weighted by molar-refractivity contribution is 5.77. The lowest BCUT2D eigenvalue weighted by molar-refractivity contribution is -0.123. The van der Waals surface area contributed by atoms with Crippen LogP contribution in [0.3, 0.4) is 0 Å². The highest BCUT2D eigenvalue weighted by Gasteiger charge is 2.35. The predicted octanol–water partition coefficient (Wildman–Crippen LogP) is 0.809. The Hall–Kier alpha value is -1.50. The molecule has 1 fully saturated rings. The summed E-state index contributed by atoms with van der Waals surface area (Å²) in [5.41, 5.74) is 0.708. The van der Waals surface area contributed by atoms with Crippen molar-refractivity contribution in [2.75, 3.05) is 40.0 Å². The molecule has 0 saturated carbocycles. The summed E-state index contributed by atoms with van der Waals surface area (Å²) in [4.78, 5) is 18.5.